The number of nitrogens with one attached hydrogen (secondary N) is 1. The first-order valence-electron chi connectivity index (χ1n) is 8.26. The fourth-order valence-electron chi connectivity index (χ4n) is 3.44. The molecule has 0 fully saturated rings. The summed E-state index contributed by atoms with van der Waals surface area (Å²) in [6.45, 7) is 2.53. The highest BCUT2D eigenvalue weighted by Crippen LogP contribution is 2.41. The summed E-state index contributed by atoms with van der Waals surface area (Å²) in [7, 11) is 0. The molecule has 0 aliphatic heterocycles. The first-order valence-corrected chi connectivity index (χ1v) is 9.85. The highest BCUT2D eigenvalue weighted by atomic mass is 35.5. The van der Waals surface area contributed by atoms with Crippen LogP contribution in [0.3, 0.4) is 0 Å². The molecule has 0 saturated heterocycles. The van der Waals surface area contributed by atoms with Crippen LogP contribution in [0.2, 0.25) is 10.4 Å². The van der Waals surface area contributed by atoms with Crippen LogP contribution in [0, 0.1) is 6.92 Å². The predicted molar refractivity (Wildman–Crippen MR) is 103 cm³/mol. The van der Waals surface area contributed by atoms with Crippen molar-refractivity contribution < 1.29 is 4.39 Å². The Kier molecular flexibility index (Phi) is 4.86. The fraction of sp³-hybridized carbons (Fsp3) is 0.353. The molecule has 5 nitrogen and oxygen atoms in total. The smallest absolute Gasteiger partial charge is 0.243 e. The molecule has 3 aromatic rings. The van der Waals surface area contributed by atoms with Gasteiger partial charge in [-0.1, -0.05) is 17.7 Å². The van der Waals surface area contributed by atoms with Gasteiger partial charge in [-0.3, -0.25) is 0 Å². The minimum atomic E-state index is -0.0488. The monoisotopic (exact) mass is 411 g/mol. The predicted octanol–water partition coefficient (Wildman–Crippen LogP) is 5.53. The van der Waals surface area contributed by atoms with Crippen LogP contribution in [0.15, 0.2) is 23.3 Å². The van der Waals surface area contributed by atoms with Gasteiger partial charge in [0.05, 0.1) is 18.1 Å². The van der Waals surface area contributed by atoms with E-state index in [2.05, 4.69) is 19.8 Å². The van der Waals surface area contributed by atoms with E-state index in [0.717, 1.165) is 28.8 Å². The maximum absolute atomic E-state index is 13.4. The number of allylic oxidation sites excluding steroid dienone is 2. The molecule has 1 N–H and O–H groups in total. The number of hydrogen-bond donors (Lipinski definition) is 1. The quantitative estimate of drug-likeness (QED) is 0.612. The fourth-order valence-corrected chi connectivity index (χ4v) is 4.56. The van der Waals surface area contributed by atoms with Crippen molar-refractivity contribution in [2.75, 3.05) is 5.32 Å². The number of aryl methyl sites for hydroxylation is 1. The first-order chi connectivity index (χ1) is 12.5. The Morgan fingerprint density at radius 1 is 1.42 bits per heavy atom. The molecule has 1 aliphatic rings. The standard InChI is InChI=1S/C17H16Cl2FN5S/c1-9-13(10-2-4-11(20)5-3-10)15(18)25-14(9)16(22-17(19)23-25)21-8-12-6-7-26-24-12/h4,6-7,10H,2-3,5,8H2,1H3,(H,21,22,23). The molecule has 26 heavy (non-hydrogen) atoms. The maximum atomic E-state index is 13.4. The number of hydrogen-bond acceptors (Lipinski definition) is 5. The molecule has 0 aromatic carbocycles. The zero-order valence-electron chi connectivity index (χ0n) is 14.0. The Labute approximate surface area is 164 Å². The van der Waals surface area contributed by atoms with Crippen LogP contribution < -0.4 is 5.32 Å². The summed E-state index contributed by atoms with van der Waals surface area (Å²) in [6.07, 6.45) is 3.44. The summed E-state index contributed by atoms with van der Waals surface area (Å²) in [6, 6.07) is 1.95. The zero-order chi connectivity index (χ0) is 18.3. The van der Waals surface area contributed by atoms with Crippen molar-refractivity contribution in [3.05, 3.63) is 50.6 Å². The lowest BCUT2D eigenvalue weighted by atomic mass is 9.87. The molecule has 1 unspecified atom stereocenters. The van der Waals surface area contributed by atoms with Crippen molar-refractivity contribution in [1.82, 2.24) is 19.0 Å². The summed E-state index contributed by atoms with van der Waals surface area (Å²) in [5, 5.41) is 10.1. The number of fused-ring (bicyclic) bond motifs is 1. The molecule has 0 spiro atoms. The van der Waals surface area contributed by atoms with Crippen LogP contribution in [0.25, 0.3) is 5.52 Å². The van der Waals surface area contributed by atoms with Crippen LogP contribution in [0.4, 0.5) is 10.2 Å². The summed E-state index contributed by atoms with van der Waals surface area (Å²) in [4.78, 5) is 4.34. The summed E-state index contributed by atoms with van der Waals surface area (Å²) < 4.78 is 19.3. The van der Waals surface area contributed by atoms with Gasteiger partial charge in [0.2, 0.25) is 5.28 Å². The van der Waals surface area contributed by atoms with Gasteiger partial charge in [-0.25, -0.2) is 8.91 Å². The molecule has 136 valence electrons. The Balaban J connectivity index is 1.77. The topological polar surface area (TPSA) is 55.1 Å². The van der Waals surface area contributed by atoms with E-state index in [0.29, 0.717) is 30.4 Å². The lowest BCUT2D eigenvalue weighted by Crippen LogP contribution is -2.06. The van der Waals surface area contributed by atoms with E-state index in [1.165, 1.54) is 11.5 Å². The average Bonchev–Trinajstić information content (AvgIpc) is 3.22. The van der Waals surface area contributed by atoms with Crippen molar-refractivity contribution >= 4 is 46.1 Å². The summed E-state index contributed by atoms with van der Waals surface area (Å²) >= 11 is 14.1. The average molecular weight is 412 g/mol. The maximum Gasteiger partial charge on any atom is 0.243 e. The van der Waals surface area contributed by atoms with Gasteiger partial charge in [0.25, 0.3) is 0 Å². The molecule has 9 heteroatoms. The minimum absolute atomic E-state index is 0.0488. The van der Waals surface area contributed by atoms with Crippen LogP contribution in [-0.4, -0.2) is 19.0 Å². The lowest BCUT2D eigenvalue weighted by Gasteiger charge is -2.19. The van der Waals surface area contributed by atoms with Gasteiger partial charge in [-0.15, -0.1) is 5.10 Å². The largest absolute Gasteiger partial charge is 0.362 e. The Bertz CT molecular complexity index is 983. The third-order valence-electron chi connectivity index (χ3n) is 4.68. The molecule has 0 amide bonds. The van der Waals surface area contributed by atoms with Crippen molar-refractivity contribution in [2.24, 2.45) is 0 Å². The number of nitrogens with zero attached hydrogens (tertiary/aromatic N) is 4. The van der Waals surface area contributed by atoms with E-state index < -0.39 is 0 Å². The van der Waals surface area contributed by atoms with Gasteiger partial charge in [-0.05, 0) is 72.4 Å². The van der Waals surface area contributed by atoms with Gasteiger partial charge in [-0.2, -0.15) is 9.36 Å². The normalized spacial score (nSPS) is 17.5. The zero-order valence-corrected chi connectivity index (χ0v) is 16.3. The Hall–Kier alpha value is -1.70. The summed E-state index contributed by atoms with van der Waals surface area (Å²) in [5.41, 5.74) is 3.70. The van der Waals surface area contributed by atoms with E-state index >= 15 is 0 Å². The number of aromatic nitrogens is 4. The third-order valence-corrected chi connectivity index (χ3v) is 5.80. The second-order valence-corrected chi connectivity index (χ2v) is 7.65. The molecular formula is C17H16Cl2FN5S. The highest BCUT2D eigenvalue weighted by molar-refractivity contribution is 7.03. The van der Waals surface area contributed by atoms with Crippen LogP contribution in [-0.2, 0) is 6.54 Å². The molecule has 1 aliphatic carbocycles. The second-order valence-electron chi connectivity index (χ2n) is 6.29. The van der Waals surface area contributed by atoms with Gasteiger partial charge in [0.1, 0.15) is 10.7 Å². The van der Waals surface area contributed by atoms with E-state index in [-0.39, 0.29) is 17.0 Å². The minimum Gasteiger partial charge on any atom is -0.362 e. The molecule has 0 saturated carbocycles. The number of anilines is 1. The van der Waals surface area contributed by atoms with Crippen molar-refractivity contribution in [1.29, 1.82) is 0 Å². The van der Waals surface area contributed by atoms with Crippen LogP contribution in [0.5, 0.6) is 0 Å². The molecule has 0 bridgehead atoms. The van der Waals surface area contributed by atoms with E-state index in [4.69, 9.17) is 23.2 Å². The molecule has 1 atom stereocenters. The van der Waals surface area contributed by atoms with Gasteiger partial charge in [0.15, 0.2) is 5.82 Å². The third kappa shape index (κ3) is 3.19. The number of rotatable bonds is 4. The Morgan fingerprint density at radius 3 is 2.96 bits per heavy atom. The SMILES string of the molecule is Cc1c(C2CC=C(F)CC2)c(Cl)n2nc(Cl)nc(NCc3ccsn3)c12. The van der Waals surface area contributed by atoms with Gasteiger partial charge in [0, 0.05) is 5.38 Å². The van der Waals surface area contributed by atoms with Crippen molar-refractivity contribution in [3.63, 3.8) is 0 Å². The molecule has 3 heterocycles. The van der Waals surface area contributed by atoms with Gasteiger partial charge >= 0.3 is 0 Å². The molecule has 0 radical (unpaired) electrons. The van der Waals surface area contributed by atoms with Crippen LogP contribution >= 0.6 is 34.7 Å². The molecule has 4 rings (SSSR count). The van der Waals surface area contributed by atoms with Crippen molar-refractivity contribution in [3.8, 4) is 0 Å². The first kappa shape index (κ1) is 17.7. The summed E-state index contributed by atoms with van der Waals surface area (Å²) in [5.74, 6) is 0.724. The molecule has 3 aromatic heterocycles. The second kappa shape index (κ2) is 7.13. The van der Waals surface area contributed by atoms with Crippen LogP contribution in [0.1, 0.15) is 42.0 Å². The van der Waals surface area contributed by atoms with E-state index in [9.17, 15) is 4.39 Å². The van der Waals surface area contributed by atoms with E-state index in [1.807, 2.05) is 18.4 Å². The lowest BCUT2D eigenvalue weighted by molar-refractivity contribution is 0.496. The highest BCUT2D eigenvalue weighted by Gasteiger charge is 2.27. The molecular weight excluding hydrogens is 396 g/mol. The van der Waals surface area contributed by atoms with E-state index in [1.54, 1.807) is 10.6 Å². The Morgan fingerprint density at radius 2 is 2.27 bits per heavy atom. The van der Waals surface area contributed by atoms with Gasteiger partial charge < -0.3 is 5.32 Å². The number of halogens is 3. The van der Waals surface area contributed by atoms with Crippen molar-refractivity contribution in [2.45, 2.75) is 38.6 Å².